The molecule has 0 aliphatic carbocycles. The van der Waals surface area contributed by atoms with Gasteiger partial charge in [-0.3, -0.25) is 25.0 Å². The van der Waals surface area contributed by atoms with Crippen LogP contribution in [0.15, 0.2) is 47.4 Å². The molecule has 4 aliphatic heterocycles. The molecule has 0 spiro atoms. The molecule has 4 N–H and O–H groups in total. The highest BCUT2D eigenvalue weighted by Crippen LogP contribution is 2.34. The SMILES string of the molecule is CC(C)(C)CC1CN(S(C)(=O)=O)C1.CC(C)(C)CC1CN(S(N)(=O)=O)C1.CC(C)(C)CCc1cn[nH]c1.CC(C)(C)Cc1cn[nH]c1.CCC(=O)N1CC(CC(C)(C)C)C1.CN1CN(CC(C)(C)C)N=N1.Cc1cc(C)nc(CC(C)(C)C)n1.Cc1cc(C)nc(CCC(C)(C)C)n1. The van der Waals surface area contributed by atoms with Crippen LogP contribution in [-0.2, 0) is 50.7 Å². The average molecular weight is 1410 g/mol. The molecule has 4 aliphatic rings. The third kappa shape index (κ3) is 46.5. The van der Waals surface area contributed by atoms with E-state index in [1.165, 1.54) is 34.5 Å². The fourth-order valence-corrected chi connectivity index (χ4v) is 13.0. The lowest BCUT2D eigenvalue weighted by atomic mass is 9.81. The van der Waals surface area contributed by atoms with Crippen molar-refractivity contribution in [3.8, 4) is 0 Å². The van der Waals surface area contributed by atoms with E-state index in [-0.39, 0.29) is 10.8 Å². The molecular weight excluding hydrogens is 1270 g/mol. The zero-order chi connectivity index (χ0) is 75.9. The maximum Gasteiger partial charge on any atom is 0.276 e. The van der Waals surface area contributed by atoms with Gasteiger partial charge < -0.3 is 4.90 Å². The Labute approximate surface area is 598 Å². The number of H-pyrrole nitrogens is 2. The number of sulfonamides is 1. The van der Waals surface area contributed by atoms with Crippen molar-refractivity contribution in [1.29, 1.82) is 0 Å². The highest BCUT2D eigenvalue weighted by atomic mass is 32.2. The first-order valence-corrected chi connectivity index (χ1v) is 39.0. The van der Waals surface area contributed by atoms with Gasteiger partial charge in [-0.2, -0.15) is 22.9 Å². The summed E-state index contributed by atoms with van der Waals surface area (Å²) >= 11 is 0. The number of hydrogen-bond donors (Lipinski definition) is 3. The molecular formula is C75H142N16O5S2. The van der Waals surface area contributed by atoms with Crippen molar-refractivity contribution in [2.45, 2.75) is 265 Å². The van der Waals surface area contributed by atoms with Crippen molar-refractivity contribution < 1.29 is 21.6 Å². The normalized spacial score (nSPS) is 16.0. The van der Waals surface area contributed by atoms with Crippen LogP contribution >= 0.6 is 0 Å². The van der Waals surface area contributed by atoms with Crippen molar-refractivity contribution in [3.63, 3.8) is 0 Å². The lowest BCUT2D eigenvalue weighted by Gasteiger charge is -2.42. The minimum absolute atomic E-state index is 0.264. The van der Waals surface area contributed by atoms with Gasteiger partial charge in [0.15, 0.2) is 0 Å². The van der Waals surface area contributed by atoms with Gasteiger partial charge in [0.1, 0.15) is 18.3 Å². The second-order valence-electron chi connectivity index (χ2n) is 37.6. The fraction of sp³-hybridized carbons (Fsp3) is 0.800. The largest absolute Gasteiger partial charge is 0.342 e. The summed E-state index contributed by atoms with van der Waals surface area (Å²) in [5.74, 6) is 4.05. The van der Waals surface area contributed by atoms with Crippen LogP contribution in [-0.4, -0.2) is 152 Å². The first-order valence-electron chi connectivity index (χ1n) is 35.6. The van der Waals surface area contributed by atoms with E-state index >= 15 is 0 Å². The van der Waals surface area contributed by atoms with Gasteiger partial charge in [0, 0.05) is 107 Å². The number of likely N-dealkylation sites (tertiary alicyclic amines) is 1. The first-order chi connectivity index (χ1) is 44.1. The van der Waals surface area contributed by atoms with E-state index < -0.39 is 20.2 Å². The highest BCUT2D eigenvalue weighted by molar-refractivity contribution is 7.88. The number of aryl methyl sites for hydroxylation is 6. The van der Waals surface area contributed by atoms with Gasteiger partial charge in [0.2, 0.25) is 15.9 Å². The predicted molar refractivity (Wildman–Crippen MR) is 406 cm³/mol. The number of nitrogens with two attached hydrogens (primary N) is 1. The van der Waals surface area contributed by atoms with Crippen LogP contribution in [0, 0.1) is 88.8 Å². The van der Waals surface area contributed by atoms with Crippen LogP contribution in [0.1, 0.15) is 257 Å². The quantitative estimate of drug-likeness (QED) is 0.113. The second kappa shape index (κ2) is 38.9. The van der Waals surface area contributed by atoms with E-state index in [1.54, 1.807) is 4.31 Å². The van der Waals surface area contributed by atoms with Gasteiger partial charge in [0.25, 0.3) is 10.2 Å². The lowest BCUT2D eigenvalue weighted by Crippen LogP contribution is -2.53. The van der Waals surface area contributed by atoms with Crippen LogP contribution in [0.5, 0.6) is 0 Å². The summed E-state index contributed by atoms with van der Waals surface area (Å²) in [5, 5.41) is 30.0. The molecule has 0 aromatic carbocycles. The Kier molecular flexibility index (Phi) is 36.1. The first kappa shape index (κ1) is 91.0. The number of rotatable bonds is 13. The maximum absolute atomic E-state index is 11.2. The molecule has 98 heavy (non-hydrogen) atoms. The van der Waals surface area contributed by atoms with Gasteiger partial charge in [-0.25, -0.2) is 37.8 Å². The van der Waals surface area contributed by atoms with Crippen molar-refractivity contribution in [3.05, 3.63) is 82.5 Å². The van der Waals surface area contributed by atoms with Gasteiger partial charge in [-0.05, 0) is 157 Å². The molecule has 4 aromatic heterocycles. The molecule has 0 bridgehead atoms. The number of hydrogen-bond acceptors (Lipinski definition) is 15. The molecule has 4 aromatic rings. The van der Waals surface area contributed by atoms with Crippen LogP contribution < -0.4 is 5.14 Å². The molecule has 564 valence electrons. The van der Waals surface area contributed by atoms with E-state index in [2.05, 4.69) is 217 Å². The van der Waals surface area contributed by atoms with Gasteiger partial charge in [0.05, 0.1) is 18.6 Å². The standard InChI is InChI=1S/C12H20N2.C11H18N2.C11H21NO.C9H16N2.C9H19NO2S.C8H18N2O2S.C8H14N2.C7H16N4/c1-9-8-10(2)14-11(13-9)6-7-12(3,4)5;1-8-6-9(2)13-10(12-8)7-11(3,4)5;1-5-10(13)12-7-9(8-12)6-11(2,3)4;1-9(2,3)5-4-8-6-10-11-7-8;1-9(2,3)5-8-6-10(7-8)13(4,11)12;1-8(2,3)4-7-5-10(6-7)13(9,11)12;1-8(2,3)4-7-5-9-10-6-7;1-7(2,3)5-11-6-10(4)8-9-11/h8H,6-7H2,1-5H3;6H,7H2,1-5H3;9H,5-8H2,1-4H3;6-7H,4-5H2,1-3H3,(H,10,11);8H,5-7H2,1-4H3;7H,4-6H2,1-3H3,(H2,9,11,12);5-6H,4H2,1-3H3,(H,9,10);5-6H2,1-4H3. The summed E-state index contributed by atoms with van der Waals surface area (Å²) in [6.07, 6.45) is 19.5. The number of carbonyl (C=O) groups is 1. The Morgan fingerprint density at radius 2 is 0.878 bits per heavy atom. The smallest absolute Gasteiger partial charge is 0.276 e. The van der Waals surface area contributed by atoms with E-state index in [1.807, 2.05) is 93.5 Å². The average Bonchev–Trinajstić information content (AvgIpc) is 1.53. The zero-order valence-electron chi connectivity index (χ0n) is 67.7. The Morgan fingerprint density at radius 3 is 1.19 bits per heavy atom. The van der Waals surface area contributed by atoms with E-state index in [9.17, 15) is 21.6 Å². The van der Waals surface area contributed by atoms with Crippen molar-refractivity contribution in [1.82, 2.24) is 63.9 Å². The number of nitrogens with one attached hydrogen (secondary N) is 2. The summed E-state index contributed by atoms with van der Waals surface area (Å²) in [7, 11) is -4.42. The maximum atomic E-state index is 11.2. The van der Waals surface area contributed by atoms with Crippen molar-refractivity contribution >= 4 is 26.1 Å². The molecule has 3 saturated heterocycles. The lowest BCUT2D eigenvalue weighted by molar-refractivity contribution is -0.137. The number of aromatic nitrogens is 8. The molecule has 8 heterocycles. The van der Waals surface area contributed by atoms with Gasteiger partial charge in [-0.1, -0.05) is 184 Å². The second-order valence-corrected chi connectivity index (χ2v) is 41.2. The minimum Gasteiger partial charge on any atom is -0.342 e. The van der Waals surface area contributed by atoms with Crippen LogP contribution in [0.25, 0.3) is 0 Å². The van der Waals surface area contributed by atoms with Crippen LogP contribution in [0.3, 0.4) is 0 Å². The van der Waals surface area contributed by atoms with E-state index in [0.717, 1.165) is 125 Å². The Hall–Kier alpha value is -4.97. The minimum atomic E-state index is -3.42. The molecule has 0 unspecified atom stereocenters. The van der Waals surface area contributed by atoms with Crippen molar-refractivity contribution in [2.75, 3.05) is 65.8 Å². The Morgan fingerprint density at radius 1 is 0.500 bits per heavy atom. The van der Waals surface area contributed by atoms with E-state index in [4.69, 9.17) is 5.14 Å². The number of aromatic amines is 2. The number of amides is 1. The molecule has 3 fully saturated rings. The summed E-state index contributed by atoms with van der Waals surface area (Å²) in [6.45, 7) is 69.6. The molecule has 1 amide bonds. The van der Waals surface area contributed by atoms with Crippen molar-refractivity contribution in [2.24, 2.45) is 76.7 Å². The monoisotopic (exact) mass is 1410 g/mol. The topological polar surface area (TPSA) is 261 Å². The Balaban J connectivity index is 0.000000561. The third-order valence-corrected chi connectivity index (χ3v) is 17.4. The molecule has 0 saturated carbocycles. The van der Waals surface area contributed by atoms with Gasteiger partial charge >= 0.3 is 0 Å². The summed E-state index contributed by atoms with van der Waals surface area (Å²) in [5.41, 5.74) is 9.57. The molecule has 23 heteroatoms. The molecule has 0 atom stereocenters. The third-order valence-electron chi connectivity index (χ3n) is 15.2. The van der Waals surface area contributed by atoms with Crippen LogP contribution in [0.4, 0.5) is 0 Å². The summed E-state index contributed by atoms with van der Waals surface area (Å²) in [4.78, 5) is 30.9. The molecule has 21 nitrogen and oxygen atoms in total. The van der Waals surface area contributed by atoms with Crippen LogP contribution in [0.2, 0.25) is 0 Å². The highest BCUT2D eigenvalue weighted by Gasteiger charge is 2.37. The predicted octanol–water partition coefficient (Wildman–Crippen LogP) is 15.8. The van der Waals surface area contributed by atoms with E-state index in [0.29, 0.717) is 69.7 Å². The molecule has 0 radical (unpaired) electrons. The number of nitrogens with zero attached hydrogens (tertiary/aromatic N) is 13. The molecule has 8 rings (SSSR count). The summed E-state index contributed by atoms with van der Waals surface area (Å²) in [6, 6.07) is 4.02. The fourth-order valence-electron chi connectivity index (χ4n) is 11.2. The zero-order valence-corrected chi connectivity index (χ0v) is 69.3. The number of carbonyl (C=O) groups excluding carboxylic acids is 1. The van der Waals surface area contributed by atoms with Gasteiger partial charge in [-0.15, -0.1) is 0 Å². The Bertz CT molecular complexity index is 3050. The summed E-state index contributed by atoms with van der Waals surface area (Å²) < 4.78 is 46.6.